The first-order chi connectivity index (χ1) is 10.1. The van der Waals surface area contributed by atoms with Crippen molar-refractivity contribution in [2.24, 2.45) is 0 Å². The van der Waals surface area contributed by atoms with Crippen molar-refractivity contribution in [2.45, 2.75) is 25.8 Å². The minimum atomic E-state index is -0.770. The second-order valence-corrected chi connectivity index (χ2v) is 5.43. The zero-order valence-electron chi connectivity index (χ0n) is 12.3. The first-order valence-corrected chi connectivity index (χ1v) is 7.19. The summed E-state index contributed by atoms with van der Waals surface area (Å²) in [7, 11) is 1.87. The van der Waals surface area contributed by atoms with E-state index < -0.39 is 12.0 Å². The number of aliphatic carboxylic acids is 1. The summed E-state index contributed by atoms with van der Waals surface area (Å²) in [5.41, 5.74) is 2.08. The van der Waals surface area contributed by atoms with Crippen LogP contribution in [-0.4, -0.2) is 35.7 Å². The molecule has 5 nitrogen and oxygen atoms in total. The normalized spacial score (nSPS) is 18.2. The van der Waals surface area contributed by atoms with Crippen LogP contribution in [0.2, 0.25) is 0 Å². The Hall–Kier alpha value is -2.30. The highest BCUT2D eigenvalue weighted by molar-refractivity contribution is 6.03. The lowest BCUT2D eigenvalue weighted by Crippen LogP contribution is -2.36. The van der Waals surface area contributed by atoms with Crippen molar-refractivity contribution in [3.05, 3.63) is 30.0 Å². The van der Waals surface area contributed by atoms with Crippen molar-refractivity contribution in [3.63, 3.8) is 0 Å². The number of rotatable bonds is 3. The lowest BCUT2D eigenvalue weighted by molar-refractivity contribution is -0.138. The van der Waals surface area contributed by atoms with E-state index in [9.17, 15) is 9.90 Å². The summed E-state index contributed by atoms with van der Waals surface area (Å²) in [5, 5.41) is 14.7. The Balaban J connectivity index is 2.22. The number of nitrogens with zero attached hydrogens (tertiary/aromatic N) is 2. The van der Waals surface area contributed by atoms with Crippen molar-refractivity contribution < 1.29 is 9.90 Å². The van der Waals surface area contributed by atoms with Gasteiger partial charge in [0, 0.05) is 24.4 Å². The lowest BCUT2D eigenvalue weighted by Gasteiger charge is -2.25. The van der Waals surface area contributed by atoms with Gasteiger partial charge in [-0.1, -0.05) is 18.2 Å². The minimum absolute atomic E-state index is 0.472. The van der Waals surface area contributed by atoms with Crippen LogP contribution in [0.15, 0.2) is 24.4 Å². The quantitative estimate of drug-likeness (QED) is 0.907. The van der Waals surface area contributed by atoms with E-state index >= 15 is 0 Å². The number of hydrogen-bond acceptors (Lipinski definition) is 4. The molecule has 1 aromatic carbocycles. The maximum Gasteiger partial charge on any atom is 0.326 e. The van der Waals surface area contributed by atoms with Gasteiger partial charge in [0.1, 0.15) is 11.9 Å². The molecule has 0 bridgehead atoms. The van der Waals surface area contributed by atoms with Crippen LogP contribution in [0.3, 0.4) is 0 Å². The summed E-state index contributed by atoms with van der Waals surface area (Å²) < 4.78 is 0. The van der Waals surface area contributed by atoms with E-state index in [0.29, 0.717) is 6.42 Å². The molecule has 1 fully saturated rings. The number of benzene rings is 1. The van der Waals surface area contributed by atoms with Crippen LogP contribution in [0.5, 0.6) is 0 Å². The van der Waals surface area contributed by atoms with Crippen LogP contribution in [0.1, 0.15) is 18.4 Å². The Labute approximate surface area is 123 Å². The van der Waals surface area contributed by atoms with Gasteiger partial charge < -0.3 is 15.3 Å². The summed E-state index contributed by atoms with van der Waals surface area (Å²) in [6.07, 6.45) is 3.35. The van der Waals surface area contributed by atoms with Crippen LogP contribution >= 0.6 is 0 Å². The maximum atomic E-state index is 11.4. The predicted octanol–water partition coefficient (Wildman–Crippen LogP) is 2.64. The summed E-state index contributed by atoms with van der Waals surface area (Å²) in [6, 6.07) is 5.63. The molecule has 0 spiro atoms. The predicted molar refractivity (Wildman–Crippen MR) is 84.0 cm³/mol. The number of nitrogens with one attached hydrogen (secondary N) is 1. The van der Waals surface area contributed by atoms with Crippen LogP contribution in [0.4, 0.5) is 11.5 Å². The van der Waals surface area contributed by atoms with Crippen LogP contribution < -0.4 is 10.2 Å². The van der Waals surface area contributed by atoms with E-state index in [1.807, 2.05) is 37.1 Å². The average Bonchev–Trinajstić information content (AvgIpc) is 2.96. The SMILES string of the molecule is CNc1cnc(N2CCCC2C(=O)O)c2c(C)cccc12. The highest BCUT2D eigenvalue weighted by Crippen LogP contribution is 2.35. The molecule has 1 aromatic heterocycles. The largest absolute Gasteiger partial charge is 0.480 e. The number of fused-ring (bicyclic) bond motifs is 1. The molecule has 1 saturated heterocycles. The van der Waals surface area contributed by atoms with Gasteiger partial charge in [-0.15, -0.1) is 0 Å². The Morgan fingerprint density at radius 1 is 1.48 bits per heavy atom. The van der Waals surface area contributed by atoms with Crippen molar-refractivity contribution >= 4 is 28.2 Å². The summed E-state index contributed by atoms with van der Waals surface area (Å²) >= 11 is 0. The molecule has 1 aliphatic heterocycles. The van der Waals surface area contributed by atoms with Crippen molar-refractivity contribution in [1.82, 2.24) is 4.98 Å². The molecule has 0 saturated carbocycles. The smallest absolute Gasteiger partial charge is 0.326 e. The minimum Gasteiger partial charge on any atom is -0.480 e. The summed E-state index contributed by atoms with van der Waals surface area (Å²) in [5.74, 6) is 0.0146. The standard InChI is InChI=1S/C16H19N3O2/c1-10-5-3-6-11-12(17-2)9-18-15(14(10)11)19-8-4-7-13(19)16(20)21/h3,5-6,9,13,17H,4,7-8H2,1-2H3,(H,20,21). The van der Waals surface area contributed by atoms with Crippen LogP contribution in [0, 0.1) is 6.92 Å². The molecule has 0 amide bonds. The van der Waals surface area contributed by atoms with Gasteiger partial charge in [-0.3, -0.25) is 0 Å². The van der Waals surface area contributed by atoms with Gasteiger partial charge in [0.05, 0.1) is 11.9 Å². The Bertz CT molecular complexity index is 699. The number of hydrogen-bond donors (Lipinski definition) is 2. The fourth-order valence-electron chi connectivity index (χ4n) is 3.14. The van der Waals surface area contributed by atoms with Gasteiger partial charge >= 0.3 is 5.97 Å². The van der Waals surface area contributed by atoms with E-state index in [2.05, 4.69) is 10.3 Å². The van der Waals surface area contributed by atoms with E-state index in [0.717, 1.165) is 40.8 Å². The lowest BCUT2D eigenvalue weighted by atomic mass is 10.0. The van der Waals surface area contributed by atoms with E-state index in [1.54, 1.807) is 6.20 Å². The number of aryl methyl sites for hydroxylation is 1. The van der Waals surface area contributed by atoms with E-state index in [4.69, 9.17) is 0 Å². The van der Waals surface area contributed by atoms with Crippen LogP contribution in [0.25, 0.3) is 10.8 Å². The highest BCUT2D eigenvalue weighted by atomic mass is 16.4. The molecular weight excluding hydrogens is 266 g/mol. The molecule has 110 valence electrons. The number of carboxylic acid groups (broad SMARTS) is 1. The molecule has 0 aliphatic carbocycles. The molecule has 2 N–H and O–H groups in total. The van der Waals surface area contributed by atoms with Gasteiger partial charge in [-0.05, 0) is 25.3 Å². The molecule has 2 aromatic rings. The third-order valence-electron chi connectivity index (χ3n) is 4.18. The Morgan fingerprint density at radius 2 is 2.29 bits per heavy atom. The van der Waals surface area contributed by atoms with Gasteiger partial charge in [-0.2, -0.15) is 0 Å². The molecular formula is C16H19N3O2. The van der Waals surface area contributed by atoms with E-state index in [1.165, 1.54) is 0 Å². The number of pyridine rings is 1. The van der Waals surface area contributed by atoms with Gasteiger partial charge in [0.2, 0.25) is 0 Å². The zero-order chi connectivity index (χ0) is 15.0. The topological polar surface area (TPSA) is 65.5 Å². The molecule has 1 unspecified atom stereocenters. The van der Waals surface area contributed by atoms with E-state index in [-0.39, 0.29) is 0 Å². The highest BCUT2D eigenvalue weighted by Gasteiger charge is 2.32. The maximum absolute atomic E-state index is 11.4. The molecule has 21 heavy (non-hydrogen) atoms. The van der Waals surface area contributed by atoms with Gasteiger partial charge in [0.25, 0.3) is 0 Å². The number of aromatic nitrogens is 1. The third kappa shape index (κ3) is 2.18. The van der Waals surface area contributed by atoms with Gasteiger partial charge in [0.15, 0.2) is 0 Å². The van der Waals surface area contributed by atoms with Crippen molar-refractivity contribution in [3.8, 4) is 0 Å². The second kappa shape index (κ2) is 5.24. The summed E-state index contributed by atoms with van der Waals surface area (Å²) in [6.45, 7) is 2.78. The first-order valence-electron chi connectivity index (χ1n) is 7.19. The number of anilines is 2. The van der Waals surface area contributed by atoms with Crippen molar-refractivity contribution in [1.29, 1.82) is 0 Å². The molecule has 1 atom stereocenters. The molecule has 3 rings (SSSR count). The Morgan fingerprint density at radius 3 is 3.00 bits per heavy atom. The molecule has 2 heterocycles. The second-order valence-electron chi connectivity index (χ2n) is 5.43. The van der Waals surface area contributed by atoms with Crippen LogP contribution in [-0.2, 0) is 4.79 Å². The number of carboxylic acids is 1. The number of carbonyl (C=O) groups is 1. The first kappa shape index (κ1) is 13.7. The monoisotopic (exact) mass is 285 g/mol. The average molecular weight is 285 g/mol. The fourth-order valence-corrected chi connectivity index (χ4v) is 3.14. The Kier molecular flexibility index (Phi) is 3.41. The molecule has 0 radical (unpaired) electrons. The summed E-state index contributed by atoms with van der Waals surface area (Å²) in [4.78, 5) is 17.9. The fraction of sp³-hybridized carbons (Fsp3) is 0.375. The zero-order valence-corrected chi connectivity index (χ0v) is 12.3. The molecule has 5 heteroatoms. The van der Waals surface area contributed by atoms with Gasteiger partial charge in [-0.25, -0.2) is 9.78 Å². The molecule has 1 aliphatic rings. The van der Waals surface area contributed by atoms with Crippen molar-refractivity contribution in [2.75, 3.05) is 23.8 Å². The third-order valence-corrected chi connectivity index (χ3v) is 4.18.